The Morgan fingerprint density at radius 2 is 1.87 bits per heavy atom. The summed E-state index contributed by atoms with van der Waals surface area (Å²) < 4.78 is 6.22. The Kier molecular flexibility index (Phi) is 7.85. The number of benzene rings is 2. The monoisotopic (exact) mass is 459 g/mol. The van der Waals surface area contributed by atoms with E-state index in [4.69, 9.17) is 32.9 Å². The lowest BCUT2D eigenvalue weighted by atomic mass is 9.73. The molecule has 0 spiro atoms. The minimum Gasteiger partial charge on any atom is -0.475 e. The largest absolute Gasteiger partial charge is 0.475 e. The first kappa shape index (κ1) is 23.8. The van der Waals surface area contributed by atoms with Crippen LogP contribution >= 0.6 is 23.2 Å². The average molecular weight is 460 g/mol. The highest BCUT2D eigenvalue weighted by molar-refractivity contribution is 6.30. The summed E-state index contributed by atoms with van der Waals surface area (Å²) in [6, 6.07) is 15.2. The molecule has 0 fully saturated rings. The van der Waals surface area contributed by atoms with Crippen LogP contribution in [-0.2, 0) is 4.74 Å². The van der Waals surface area contributed by atoms with Gasteiger partial charge in [-0.05, 0) is 61.6 Å². The average Bonchev–Trinajstić information content (AvgIpc) is 3.14. The first-order valence-corrected chi connectivity index (χ1v) is 11.6. The van der Waals surface area contributed by atoms with Gasteiger partial charge in [0.1, 0.15) is 6.10 Å². The molecule has 31 heavy (non-hydrogen) atoms. The van der Waals surface area contributed by atoms with E-state index in [1.807, 2.05) is 42.5 Å². The minimum absolute atomic E-state index is 0.0509. The third kappa shape index (κ3) is 5.52. The first-order chi connectivity index (χ1) is 14.8. The lowest BCUT2D eigenvalue weighted by Crippen LogP contribution is -2.32. The number of hydrogen-bond acceptors (Lipinski definition) is 3. The standard InChI is InChI=1S/C26H31Cl2NO2/c1-5-14-26(4,25-29-23(6-2)17(3)31-25)16-22(19-8-7-9-21(28)15-19)24(30)18-10-12-20(27)13-11-18/h5,7-13,15,17,22-24,30H,1,6,14,16H2,2-4H3/t17-,22+,23-,24-,26-/m0/s1. The molecule has 1 N–H and O–H groups in total. The van der Waals surface area contributed by atoms with Gasteiger partial charge in [0.05, 0.1) is 12.1 Å². The number of halogens is 2. The summed E-state index contributed by atoms with van der Waals surface area (Å²) in [5, 5.41) is 12.7. The predicted molar refractivity (Wildman–Crippen MR) is 130 cm³/mol. The number of aliphatic imine (C=N–C) groups is 1. The van der Waals surface area contributed by atoms with E-state index in [2.05, 4.69) is 27.4 Å². The zero-order valence-electron chi connectivity index (χ0n) is 18.4. The normalized spacial score (nSPS) is 22.2. The molecule has 0 radical (unpaired) electrons. The predicted octanol–water partition coefficient (Wildman–Crippen LogP) is 7.38. The van der Waals surface area contributed by atoms with Crippen LogP contribution < -0.4 is 0 Å². The molecule has 3 nitrogen and oxygen atoms in total. The van der Waals surface area contributed by atoms with Crippen molar-refractivity contribution in [3.63, 3.8) is 0 Å². The first-order valence-electron chi connectivity index (χ1n) is 10.8. The van der Waals surface area contributed by atoms with Crippen molar-refractivity contribution >= 4 is 29.1 Å². The number of aliphatic hydroxyl groups excluding tert-OH is 1. The van der Waals surface area contributed by atoms with Crippen molar-refractivity contribution in [2.24, 2.45) is 10.4 Å². The van der Waals surface area contributed by atoms with Gasteiger partial charge in [0.2, 0.25) is 0 Å². The zero-order valence-corrected chi connectivity index (χ0v) is 19.9. The molecule has 0 unspecified atom stereocenters. The molecule has 1 aliphatic heterocycles. The maximum absolute atomic E-state index is 11.4. The minimum atomic E-state index is -0.735. The van der Waals surface area contributed by atoms with Gasteiger partial charge in [0.25, 0.3) is 0 Å². The van der Waals surface area contributed by atoms with E-state index >= 15 is 0 Å². The molecule has 5 heteroatoms. The molecule has 0 aromatic heterocycles. The van der Waals surface area contributed by atoms with Gasteiger partial charge in [-0.15, -0.1) is 6.58 Å². The molecule has 0 bridgehead atoms. The van der Waals surface area contributed by atoms with E-state index in [0.29, 0.717) is 22.9 Å². The van der Waals surface area contributed by atoms with Crippen LogP contribution in [0.5, 0.6) is 0 Å². The number of nitrogens with zero attached hydrogens (tertiary/aromatic N) is 1. The van der Waals surface area contributed by atoms with Gasteiger partial charge in [-0.3, -0.25) is 0 Å². The van der Waals surface area contributed by atoms with Gasteiger partial charge in [-0.25, -0.2) is 4.99 Å². The van der Waals surface area contributed by atoms with Crippen LogP contribution in [0.15, 0.2) is 66.2 Å². The molecule has 0 saturated carbocycles. The Labute approximate surface area is 195 Å². The lowest BCUT2D eigenvalue weighted by Gasteiger charge is -2.35. The molecule has 2 aromatic carbocycles. The molecule has 3 rings (SSSR count). The van der Waals surface area contributed by atoms with Crippen molar-refractivity contribution in [2.75, 3.05) is 0 Å². The molecule has 2 aromatic rings. The molecule has 1 aliphatic rings. The van der Waals surface area contributed by atoms with E-state index in [1.54, 1.807) is 12.1 Å². The maximum atomic E-state index is 11.4. The number of ether oxygens (including phenoxy) is 1. The summed E-state index contributed by atoms with van der Waals surface area (Å²) in [5.41, 5.74) is 1.38. The molecule has 0 saturated heterocycles. The van der Waals surface area contributed by atoms with E-state index in [-0.39, 0.29) is 18.1 Å². The number of allylic oxidation sites excluding steroid dienone is 1. The van der Waals surface area contributed by atoms with Crippen molar-refractivity contribution in [3.8, 4) is 0 Å². The second-order valence-electron chi connectivity index (χ2n) is 8.65. The number of aliphatic hydroxyl groups is 1. The molecule has 0 amide bonds. The van der Waals surface area contributed by atoms with E-state index in [0.717, 1.165) is 23.4 Å². The second-order valence-corrected chi connectivity index (χ2v) is 9.52. The van der Waals surface area contributed by atoms with Crippen molar-refractivity contribution in [3.05, 3.63) is 82.4 Å². The van der Waals surface area contributed by atoms with Crippen LogP contribution in [0, 0.1) is 5.41 Å². The van der Waals surface area contributed by atoms with Crippen LogP contribution in [0.1, 0.15) is 63.2 Å². The summed E-state index contributed by atoms with van der Waals surface area (Å²) in [7, 11) is 0. The van der Waals surface area contributed by atoms with Gasteiger partial charge in [-0.1, -0.05) is 67.4 Å². The molecular formula is C26H31Cl2NO2. The summed E-state index contributed by atoms with van der Waals surface area (Å²) in [6.07, 6.45) is 3.47. The fourth-order valence-electron chi connectivity index (χ4n) is 4.37. The van der Waals surface area contributed by atoms with Gasteiger partial charge < -0.3 is 9.84 Å². The van der Waals surface area contributed by atoms with Gasteiger partial charge in [0.15, 0.2) is 5.90 Å². The lowest BCUT2D eigenvalue weighted by molar-refractivity contribution is 0.117. The Bertz CT molecular complexity index is 927. The molecule has 1 heterocycles. The summed E-state index contributed by atoms with van der Waals surface area (Å²) in [6.45, 7) is 10.3. The van der Waals surface area contributed by atoms with Crippen molar-refractivity contribution in [1.82, 2.24) is 0 Å². The van der Waals surface area contributed by atoms with E-state index in [9.17, 15) is 5.11 Å². The SMILES string of the molecule is C=CC[C@@](C)(C[C@H](c1cccc(Cl)c1)[C@@H](O)c1ccc(Cl)cc1)C1=N[C@@H](CC)[C@H](C)O1. The molecule has 0 aliphatic carbocycles. The smallest absolute Gasteiger partial charge is 0.190 e. The fourth-order valence-corrected chi connectivity index (χ4v) is 4.69. The van der Waals surface area contributed by atoms with Crippen molar-refractivity contribution in [2.45, 2.75) is 64.2 Å². The van der Waals surface area contributed by atoms with Crippen LogP contribution in [0.25, 0.3) is 0 Å². The van der Waals surface area contributed by atoms with Crippen LogP contribution in [-0.4, -0.2) is 23.2 Å². The van der Waals surface area contributed by atoms with E-state index in [1.165, 1.54) is 0 Å². The van der Waals surface area contributed by atoms with E-state index < -0.39 is 11.5 Å². The summed E-state index contributed by atoms with van der Waals surface area (Å²) in [5.74, 6) is 0.536. The Hall–Kier alpha value is -1.81. The summed E-state index contributed by atoms with van der Waals surface area (Å²) >= 11 is 12.4. The highest BCUT2D eigenvalue weighted by Crippen LogP contribution is 2.45. The summed E-state index contributed by atoms with van der Waals surface area (Å²) in [4.78, 5) is 4.91. The quantitative estimate of drug-likeness (QED) is 0.397. The van der Waals surface area contributed by atoms with Gasteiger partial charge in [0, 0.05) is 21.4 Å². The van der Waals surface area contributed by atoms with Gasteiger partial charge in [-0.2, -0.15) is 0 Å². The highest BCUT2D eigenvalue weighted by Gasteiger charge is 2.41. The van der Waals surface area contributed by atoms with Crippen molar-refractivity contribution < 1.29 is 9.84 Å². The Morgan fingerprint density at radius 3 is 2.45 bits per heavy atom. The van der Waals surface area contributed by atoms with Gasteiger partial charge >= 0.3 is 0 Å². The Morgan fingerprint density at radius 1 is 1.16 bits per heavy atom. The third-order valence-corrected chi connectivity index (χ3v) is 6.68. The number of rotatable bonds is 9. The Balaban J connectivity index is 2.01. The van der Waals surface area contributed by atoms with Crippen molar-refractivity contribution in [1.29, 1.82) is 0 Å². The third-order valence-electron chi connectivity index (χ3n) is 6.19. The second kappa shape index (κ2) is 10.2. The molecule has 166 valence electrons. The van der Waals surface area contributed by atoms with Crippen LogP contribution in [0.3, 0.4) is 0 Å². The topological polar surface area (TPSA) is 41.8 Å². The highest BCUT2D eigenvalue weighted by atomic mass is 35.5. The van der Waals surface area contributed by atoms with Crippen LogP contribution in [0.4, 0.5) is 0 Å². The maximum Gasteiger partial charge on any atom is 0.190 e. The number of hydrogen-bond donors (Lipinski definition) is 1. The molecule has 5 atom stereocenters. The zero-order chi connectivity index (χ0) is 22.6. The molecular weight excluding hydrogens is 429 g/mol. The fraction of sp³-hybridized carbons (Fsp3) is 0.423. The van der Waals surface area contributed by atoms with Crippen LogP contribution in [0.2, 0.25) is 10.0 Å².